The zero-order chi connectivity index (χ0) is 24.5. The molecule has 172 valence electrons. The third-order valence-electron chi connectivity index (χ3n) is 5.37. The molecular weight excluding hydrogens is 470 g/mol. The van der Waals surface area contributed by atoms with E-state index in [4.69, 9.17) is 16.0 Å². The number of hydrogen-bond acceptors (Lipinski definition) is 5. The van der Waals surface area contributed by atoms with Crippen LogP contribution in [0.2, 0.25) is 5.02 Å². The molecule has 1 aliphatic heterocycles. The van der Waals surface area contributed by atoms with E-state index in [-0.39, 0.29) is 16.5 Å². The maximum Gasteiger partial charge on any atom is 0.291 e. The Balaban J connectivity index is 1.31. The predicted molar refractivity (Wildman–Crippen MR) is 130 cm³/mol. The Bertz CT molecular complexity index is 1460. The lowest BCUT2D eigenvalue weighted by Crippen LogP contribution is -2.29. The lowest BCUT2D eigenvalue weighted by Gasteiger charge is -2.16. The summed E-state index contributed by atoms with van der Waals surface area (Å²) in [5.74, 6) is -1.66. The van der Waals surface area contributed by atoms with Crippen molar-refractivity contribution in [1.82, 2.24) is 0 Å². The maximum atomic E-state index is 12.8. The fourth-order valence-corrected chi connectivity index (χ4v) is 3.98. The van der Waals surface area contributed by atoms with Gasteiger partial charge >= 0.3 is 0 Å². The van der Waals surface area contributed by atoms with Gasteiger partial charge < -0.3 is 15.1 Å². The Hall–Kier alpha value is -4.69. The second kappa shape index (κ2) is 8.92. The van der Waals surface area contributed by atoms with E-state index >= 15 is 0 Å². The molecule has 0 unspecified atom stereocenters. The van der Waals surface area contributed by atoms with Crippen LogP contribution in [0.5, 0.6) is 0 Å². The number of benzene rings is 3. The van der Waals surface area contributed by atoms with Crippen LogP contribution in [0.3, 0.4) is 0 Å². The van der Waals surface area contributed by atoms with Gasteiger partial charge in [0.2, 0.25) is 0 Å². The minimum absolute atomic E-state index is 0.122. The predicted octanol–water partition coefficient (Wildman–Crippen LogP) is 5.24. The zero-order valence-corrected chi connectivity index (χ0v) is 18.7. The van der Waals surface area contributed by atoms with Crippen LogP contribution >= 0.6 is 11.6 Å². The molecule has 2 N–H and O–H groups in total. The third-order valence-corrected chi connectivity index (χ3v) is 5.67. The van der Waals surface area contributed by atoms with Gasteiger partial charge in [-0.1, -0.05) is 29.8 Å². The summed E-state index contributed by atoms with van der Waals surface area (Å²) < 4.78 is 5.06. The number of furan rings is 1. The summed E-state index contributed by atoms with van der Waals surface area (Å²) in [6.45, 7) is 0. The largest absolute Gasteiger partial charge is 0.459 e. The molecule has 0 saturated heterocycles. The minimum atomic E-state index is -0.460. The fraction of sp³-hybridized carbons (Fsp3) is 0. The van der Waals surface area contributed by atoms with Crippen molar-refractivity contribution in [2.24, 2.45) is 0 Å². The smallest absolute Gasteiger partial charge is 0.291 e. The van der Waals surface area contributed by atoms with Gasteiger partial charge in [0.25, 0.3) is 23.6 Å². The second-order valence-corrected chi connectivity index (χ2v) is 8.03. The van der Waals surface area contributed by atoms with Gasteiger partial charge in [-0.15, -0.1) is 0 Å². The quantitative estimate of drug-likeness (QED) is 0.376. The van der Waals surface area contributed by atoms with Gasteiger partial charge in [-0.25, -0.2) is 4.90 Å². The number of carbonyl (C=O) groups is 4. The van der Waals surface area contributed by atoms with Crippen molar-refractivity contribution in [3.8, 4) is 0 Å². The maximum absolute atomic E-state index is 12.8. The number of imide groups is 1. The summed E-state index contributed by atoms with van der Waals surface area (Å²) in [6, 6.07) is 20.6. The highest BCUT2D eigenvalue weighted by Crippen LogP contribution is 2.35. The summed E-state index contributed by atoms with van der Waals surface area (Å²) in [5, 5.41) is 5.51. The lowest BCUT2D eigenvalue weighted by molar-refractivity contribution is 0.0923. The molecule has 5 rings (SSSR count). The van der Waals surface area contributed by atoms with Crippen molar-refractivity contribution < 1.29 is 23.6 Å². The number of fused-ring (bicyclic) bond motifs is 1. The molecule has 1 aliphatic rings. The van der Waals surface area contributed by atoms with Crippen molar-refractivity contribution in [3.63, 3.8) is 0 Å². The molecule has 0 saturated carbocycles. The van der Waals surface area contributed by atoms with Gasteiger partial charge in [0, 0.05) is 16.9 Å². The van der Waals surface area contributed by atoms with E-state index in [9.17, 15) is 19.2 Å². The number of rotatable bonds is 5. The van der Waals surface area contributed by atoms with E-state index in [1.807, 2.05) is 0 Å². The van der Waals surface area contributed by atoms with Crippen LogP contribution in [0.25, 0.3) is 0 Å². The van der Waals surface area contributed by atoms with Gasteiger partial charge in [0.1, 0.15) is 0 Å². The van der Waals surface area contributed by atoms with Crippen molar-refractivity contribution in [2.75, 3.05) is 15.5 Å². The second-order valence-electron chi connectivity index (χ2n) is 7.62. The first-order valence-electron chi connectivity index (χ1n) is 10.5. The zero-order valence-electron chi connectivity index (χ0n) is 17.9. The van der Waals surface area contributed by atoms with Crippen molar-refractivity contribution in [2.45, 2.75) is 0 Å². The Morgan fingerprint density at radius 2 is 1.43 bits per heavy atom. The van der Waals surface area contributed by atoms with Gasteiger partial charge in [-0.05, 0) is 60.7 Å². The Labute approximate surface area is 204 Å². The van der Waals surface area contributed by atoms with Crippen LogP contribution in [0.4, 0.5) is 17.1 Å². The van der Waals surface area contributed by atoms with E-state index in [1.54, 1.807) is 54.6 Å². The van der Waals surface area contributed by atoms with Gasteiger partial charge in [0.15, 0.2) is 5.76 Å². The van der Waals surface area contributed by atoms with Crippen LogP contribution in [-0.2, 0) is 0 Å². The topological polar surface area (TPSA) is 109 Å². The van der Waals surface area contributed by atoms with E-state index in [1.165, 1.54) is 30.5 Å². The number of anilines is 3. The summed E-state index contributed by atoms with van der Waals surface area (Å²) in [6.07, 6.45) is 1.39. The van der Waals surface area contributed by atoms with E-state index in [2.05, 4.69) is 10.6 Å². The molecule has 8 nitrogen and oxygen atoms in total. The molecule has 1 aromatic heterocycles. The molecule has 35 heavy (non-hydrogen) atoms. The van der Waals surface area contributed by atoms with Crippen LogP contribution in [0, 0.1) is 0 Å². The number of nitrogens with one attached hydrogen (secondary N) is 2. The summed E-state index contributed by atoms with van der Waals surface area (Å²) >= 11 is 6.39. The minimum Gasteiger partial charge on any atom is -0.459 e. The Morgan fingerprint density at radius 3 is 2.09 bits per heavy atom. The molecular formula is C26H16ClN3O5. The van der Waals surface area contributed by atoms with Crippen molar-refractivity contribution in [1.29, 1.82) is 0 Å². The molecule has 0 aliphatic carbocycles. The third kappa shape index (κ3) is 4.18. The van der Waals surface area contributed by atoms with Crippen LogP contribution < -0.4 is 15.5 Å². The van der Waals surface area contributed by atoms with E-state index in [0.717, 1.165) is 4.90 Å². The molecule has 4 amide bonds. The van der Waals surface area contributed by atoms with Crippen molar-refractivity contribution in [3.05, 3.63) is 113 Å². The fourth-order valence-electron chi connectivity index (χ4n) is 3.72. The highest BCUT2D eigenvalue weighted by Gasteiger charge is 2.37. The number of carbonyl (C=O) groups excluding carboxylic acids is 4. The molecule has 3 aromatic carbocycles. The van der Waals surface area contributed by atoms with Crippen molar-refractivity contribution >= 4 is 52.3 Å². The summed E-state index contributed by atoms with van der Waals surface area (Å²) in [4.78, 5) is 51.4. The number of nitrogens with zero attached hydrogens (tertiary/aromatic N) is 1. The number of amides is 4. The van der Waals surface area contributed by atoms with Gasteiger partial charge in [-0.2, -0.15) is 0 Å². The molecule has 0 bridgehead atoms. The summed E-state index contributed by atoms with van der Waals surface area (Å²) in [5.41, 5.74) is 1.92. The van der Waals surface area contributed by atoms with E-state index in [0.29, 0.717) is 28.1 Å². The average molecular weight is 486 g/mol. The molecule has 0 atom stereocenters. The van der Waals surface area contributed by atoms with Gasteiger partial charge in [-0.3, -0.25) is 19.2 Å². The van der Waals surface area contributed by atoms with Gasteiger partial charge in [0.05, 0.1) is 28.1 Å². The average Bonchev–Trinajstić information content (AvgIpc) is 3.48. The van der Waals surface area contributed by atoms with Crippen LogP contribution in [-0.4, -0.2) is 23.6 Å². The highest BCUT2D eigenvalue weighted by atomic mass is 35.5. The molecule has 4 aromatic rings. The SMILES string of the molecule is O=C(Nc1ccc(N2C(=O)c3ccccc3C2=O)c(Cl)c1)c1cccc(NC(=O)c2ccco2)c1. The Kier molecular flexibility index (Phi) is 5.64. The van der Waals surface area contributed by atoms with E-state index < -0.39 is 23.6 Å². The first kappa shape index (κ1) is 22.1. The lowest BCUT2D eigenvalue weighted by atomic mass is 10.1. The summed E-state index contributed by atoms with van der Waals surface area (Å²) in [7, 11) is 0. The van der Waals surface area contributed by atoms with Crippen LogP contribution in [0.15, 0.2) is 89.5 Å². The number of hydrogen-bond donors (Lipinski definition) is 2. The monoisotopic (exact) mass is 485 g/mol. The first-order valence-corrected chi connectivity index (χ1v) is 10.8. The number of halogens is 1. The first-order chi connectivity index (χ1) is 16.9. The molecule has 0 spiro atoms. The van der Waals surface area contributed by atoms with Crippen LogP contribution in [0.1, 0.15) is 41.6 Å². The standard InChI is InChI=1S/C26H16ClN3O5/c27-20-14-17(10-11-21(20)30-25(33)18-7-1-2-8-19(18)26(30)34)28-23(31)15-5-3-6-16(13-15)29-24(32)22-9-4-12-35-22/h1-14H,(H,28,31)(H,29,32). The molecule has 0 fully saturated rings. The normalized spacial score (nSPS) is 12.4. The molecule has 2 heterocycles. The molecule has 9 heteroatoms. The Morgan fingerprint density at radius 1 is 0.743 bits per heavy atom. The molecule has 0 radical (unpaired) electrons. The highest BCUT2D eigenvalue weighted by molar-refractivity contribution is 6.40.